The van der Waals surface area contributed by atoms with Gasteiger partial charge in [0.2, 0.25) is 0 Å². The van der Waals surface area contributed by atoms with Crippen LogP contribution in [0.3, 0.4) is 0 Å². The Morgan fingerprint density at radius 3 is 1.79 bits per heavy atom. The Balaban J connectivity index is 0.00000180. The van der Waals surface area contributed by atoms with Gasteiger partial charge in [0, 0.05) is 31.9 Å². The fourth-order valence-corrected chi connectivity index (χ4v) is 1.70. The number of hydrogen-bond donors (Lipinski definition) is 0. The number of benzene rings is 1. The lowest BCUT2D eigenvalue weighted by Crippen LogP contribution is -3.00. The van der Waals surface area contributed by atoms with E-state index in [1.165, 1.54) is 16.8 Å². The summed E-state index contributed by atoms with van der Waals surface area (Å²) in [6.45, 7) is 0. The number of pyridine rings is 1. The van der Waals surface area contributed by atoms with Gasteiger partial charge in [-0.3, -0.25) is 0 Å². The number of aryl methyl sites for hydroxylation is 1. The van der Waals surface area contributed by atoms with E-state index in [0.29, 0.717) is 0 Å². The maximum atomic E-state index is 2.13. The highest BCUT2D eigenvalue weighted by atomic mass is 127. The van der Waals surface area contributed by atoms with Gasteiger partial charge in [0.05, 0.1) is 0 Å². The Kier molecular flexibility index (Phi) is 6.02. The van der Waals surface area contributed by atoms with E-state index in [1.54, 1.807) is 0 Å². The zero-order valence-corrected chi connectivity index (χ0v) is 13.7. The number of hydrogen-bond acceptors (Lipinski definition) is 1. The molecule has 1 aromatic carbocycles. The van der Waals surface area contributed by atoms with Crippen LogP contribution in [0.1, 0.15) is 11.1 Å². The lowest BCUT2D eigenvalue weighted by Gasteiger charge is -2.11. The topological polar surface area (TPSA) is 7.12 Å². The third-order valence-corrected chi connectivity index (χ3v) is 2.88. The van der Waals surface area contributed by atoms with Crippen molar-refractivity contribution >= 4 is 17.8 Å². The van der Waals surface area contributed by atoms with E-state index in [2.05, 4.69) is 79.9 Å². The summed E-state index contributed by atoms with van der Waals surface area (Å²) in [5.74, 6) is 0. The Labute approximate surface area is 132 Å². The summed E-state index contributed by atoms with van der Waals surface area (Å²) in [7, 11) is 6.12. The van der Waals surface area contributed by atoms with Crippen LogP contribution in [-0.2, 0) is 7.05 Å². The van der Waals surface area contributed by atoms with E-state index in [-0.39, 0.29) is 24.0 Å². The predicted octanol–water partition coefficient (Wildman–Crippen LogP) is -0.248. The van der Waals surface area contributed by atoms with Gasteiger partial charge >= 0.3 is 0 Å². The second-order valence-electron chi connectivity index (χ2n) is 4.62. The quantitative estimate of drug-likeness (QED) is 0.537. The van der Waals surface area contributed by atoms with Crippen LogP contribution in [0.15, 0.2) is 48.8 Å². The highest BCUT2D eigenvalue weighted by Gasteiger charge is 1.94. The van der Waals surface area contributed by atoms with Crippen LogP contribution in [0.4, 0.5) is 5.69 Å². The standard InChI is InChI=1S/C16H19N2.HI/c1-17(2)16-8-6-14(7-9-16)4-5-15-10-12-18(3)13-11-15;/h4-13H,1-3H3;1H/q+1;/p-1. The summed E-state index contributed by atoms with van der Waals surface area (Å²) in [5, 5.41) is 0. The Morgan fingerprint density at radius 2 is 1.32 bits per heavy atom. The summed E-state index contributed by atoms with van der Waals surface area (Å²) < 4.78 is 2.03. The molecule has 1 heterocycles. The largest absolute Gasteiger partial charge is 1.00 e. The van der Waals surface area contributed by atoms with E-state index in [4.69, 9.17) is 0 Å². The van der Waals surface area contributed by atoms with Gasteiger partial charge in [0.15, 0.2) is 12.4 Å². The van der Waals surface area contributed by atoms with Crippen LogP contribution < -0.4 is 33.4 Å². The van der Waals surface area contributed by atoms with E-state index < -0.39 is 0 Å². The maximum Gasteiger partial charge on any atom is 0.169 e. The first-order valence-electron chi connectivity index (χ1n) is 6.06. The lowest BCUT2D eigenvalue weighted by molar-refractivity contribution is -0.671. The van der Waals surface area contributed by atoms with E-state index in [9.17, 15) is 0 Å². The van der Waals surface area contributed by atoms with Gasteiger partial charge in [0.25, 0.3) is 0 Å². The minimum Gasteiger partial charge on any atom is -1.00 e. The van der Waals surface area contributed by atoms with Crippen LogP contribution in [-0.4, -0.2) is 14.1 Å². The molecule has 2 nitrogen and oxygen atoms in total. The molecule has 0 saturated carbocycles. The fourth-order valence-electron chi connectivity index (χ4n) is 1.70. The molecule has 0 aliphatic rings. The molecule has 0 atom stereocenters. The minimum absolute atomic E-state index is 0. The van der Waals surface area contributed by atoms with Gasteiger partial charge < -0.3 is 28.9 Å². The molecule has 0 spiro atoms. The monoisotopic (exact) mass is 366 g/mol. The molecule has 0 aliphatic carbocycles. The van der Waals surface area contributed by atoms with Crippen LogP contribution in [0.5, 0.6) is 0 Å². The molecular formula is C16H19IN2. The molecule has 2 aromatic rings. The van der Waals surface area contributed by atoms with E-state index >= 15 is 0 Å². The summed E-state index contributed by atoms with van der Waals surface area (Å²) in [4.78, 5) is 2.10. The van der Waals surface area contributed by atoms with Crippen molar-refractivity contribution in [1.82, 2.24) is 0 Å². The molecule has 3 heteroatoms. The zero-order chi connectivity index (χ0) is 13.0. The first-order chi connectivity index (χ1) is 8.65. The highest BCUT2D eigenvalue weighted by Crippen LogP contribution is 2.14. The average Bonchev–Trinajstić information content (AvgIpc) is 2.38. The van der Waals surface area contributed by atoms with Crippen molar-refractivity contribution in [3.05, 3.63) is 59.9 Å². The SMILES string of the molecule is CN(C)c1ccc(C=Cc2cc[n+](C)cc2)cc1.[I-]. The molecule has 0 radical (unpaired) electrons. The van der Waals surface area contributed by atoms with Gasteiger partial charge in [0.1, 0.15) is 7.05 Å². The van der Waals surface area contributed by atoms with Crippen molar-refractivity contribution in [3.8, 4) is 0 Å². The smallest absolute Gasteiger partial charge is 0.169 e. The third-order valence-electron chi connectivity index (χ3n) is 2.88. The summed E-state index contributed by atoms with van der Waals surface area (Å²) in [6, 6.07) is 12.7. The molecule has 0 aliphatic heterocycles. The summed E-state index contributed by atoms with van der Waals surface area (Å²) >= 11 is 0. The van der Waals surface area contributed by atoms with Crippen molar-refractivity contribution < 1.29 is 28.5 Å². The summed E-state index contributed by atoms with van der Waals surface area (Å²) in [5.41, 5.74) is 3.65. The number of halogens is 1. The Morgan fingerprint density at radius 1 is 0.842 bits per heavy atom. The van der Waals surface area contributed by atoms with E-state index in [1.807, 2.05) is 11.6 Å². The van der Waals surface area contributed by atoms with Crippen molar-refractivity contribution in [2.24, 2.45) is 7.05 Å². The Bertz CT molecular complexity index is 528. The van der Waals surface area contributed by atoms with Crippen LogP contribution in [0.25, 0.3) is 12.2 Å². The molecule has 100 valence electrons. The Hall–Kier alpha value is -1.36. The molecular weight excluding hydrogens is 347 g/mol. The molecule has 0 N–H and O–H groups in total. The van der Waals surface area contributed by atoms with Crippen molar-refractivity contribution in [1.29, 1.82) is 0 Å². The van der Waals surface area contributed by atoms with Gasteiger partial charge in [-0.2, -0.15) is 0 Å². The molecule has 0 amide bonds. The van der Waals surface area contributed by atoms with Crippen molar-refractivity contribution in [2.75, 3.05) is 19.0 Å². The number of anilines is 1. The van der Waals surface area contributed by atoms with Gasteiger partial charge in [-0.05, 0) is 23.3 Å². The van der Waals surface area contributed by atoms with Gasteiger partial charge in [-0.15, -0.1) is 0 Å². The lowest BCUT2D eigenvalue weighted by atomic mass is 10.1. The first kappa shape index (κ1) is 15.7. The van der Waals surface area contributed by atoms with Crippen LogP contribution in [0.2, 0.25) is 0 Å². The van der Waals surface area contributed by atoms with Crippen molar-refractivity contribution in [3.63, 3.8) is 0 Å². The molecule has 0 unspecified atom stereocenters. The van der Waals surface area contributed by atoms with Gasteiger partial charge in [-0.25, -0.2) is 4.57 Å². The number of nitrogens with zero attached hydrogens (tertiary/aromatic N) is 2. The molecule has 0 saturated heterocycles. The number of rotatable bonds is 3. The third kappa shape index (κ3) is 4.67. The van der Waals surface area contributed by atoms with Crippen molar-refractivity contribution in [2.45, 2.75) is 0 Å². The molecule has 0 fully saturated rings. The van der Waals surface area contributed by atoms with E-state index in [0.717, 1.165) is 0 Å². The fraction of sp³-hybridized carbons (Fsp3) is 0.188. The second kappa shape index (κ2) is 7.28. The number of aromatic nitrogens is 1. The second-order valence-corrected chi connectivity index (χ2v) is 4.62. The zero-order valence-electron chi connectivity index (χ0n) is 11.5. The normalized spacial score (nSPS) is 10.3. The van der Waals surface area contributed by atoms with Crippen LogP contribution >= 0.6 is 0 Å². The summed E-state index contributed by atoms with van der Waals surface area (Å²) in [6.07, 6.45) is 8.36. The minimum atomic E-state index is 0. The molecule has 1 aromatic heterocycles. The highest BCUT2D eigenvalue weighted by molar-refractivity contribution is 5.70. The molecule has 2 rings (SSSR count). The molecule has 19 heavy (non-hydrogen) atoms. The van der Waals surface area contributed by atoms with Gasteiger partial charge in [-0.1, -0.05) is 24.3 Å². The molecule has 0 bridgehead atoms. The predicted molar refractivity (Wildman–Crippen MR) is 77.3 cm³/mol. The van der Waals surface area contributed by atoms with Crippen LogP contribution in [0, 0.1) is 0 Å². The maximum absolute atomic E-state index is 2.13. The first-order valence-corrected chi connectivity index (χ1v) is 6.06. The average molecular weight is 366 g/mol.